The first-order valence-electron chi connectivity index (χ1n) is 17.3. The van der Waals surface area contributed by atoms with Gasteiger partial charge in [0.2, 0.25) is 17.6 Å². The fourth-order valence-corrected chi connectivity index (χ4v) is 6.59. The van der Waals surface area contributed by atoms with Crippen LogP contribution in [0.3, 0.4) is 0 Å². The molecular weight excluding hydrogens is 686 g/mol. The van der Waals surface area contributed by atoms with Gasteiger partial charge in [0.15, 0.2) is 0 Å². The lowest BCUT2D eigenvalue weighted by atomic mass is 9.80. The lowest BCUT2D eigenvalue weighted by Crippen LogP contribution is -2.45. The monoisotopic (exact) mass is 729 g/mol. The van der Waals surface area contributed by atoms with Gasteiger partial charge in [0, 0.05) is 36.2 Å². The second-order valence-corrected chi connectivity index (χ2v) is 14.6. The number of ether oxygens (including phenoxy) is 1. The first kappa shape index (κ1) is 37.9. The average Bonchev–Trinajstić information content (AvgIpc) is 3.64. The number of aromatic amines is 1. The third-order valence-electron chi connectivity index (χ3n) is 9.10. The summed E-state index contributed by atoms with van der Waals surface area (Å²) >= 11 is 6.56. The summed E-state index contributed by atoms with van der Waals surface area (Å²) in [5, 5.41) is 32.5. The van der Waals surface area contributed by atoms with E-state index in [1.165, 1.54) is 6.07 Å². The minimum atomic E-state index is -1.05. The van der Waals surface area contributed by atoms with Crippen molar-refractivity contribution in [3.63, 3.8) is 0 Å². The van der Waals surface area contributed by atoms with E-state index >= 15 is 0 Å². The van der Waals surface area contributed by atoms with Gasteiger partial charge in [0.1, 0.15) is 11.6 Å². The normalized spacial score (nSPS) is 16.4. The van der Waals surface area contributed by atoms with Crippen molar-refractivity contribution >= 4 is 41.2 Å². The number of nitrogens with one attached hydrogen (secondary N) is 4. The number of nitrogens with zero attached hydrogens (tertiary/aromatic N) is 3. The van der Waals surface area contributed by atoms with Gasteiger partial charge < -0.3 is 25.8 Å². The fraction of sp³-hybridized carbons (Fsp3) is 0.395. The molecule has 5 N–H and O–H groups in total. The van der Waals surface area contributed by atoms with Crippen molar-refractivity contribution < 1.29 is 29.0 Å². The topological polar surface area (TPSA) is 188 Å². The molecule has 1 atom stereocenters. The van der Waals surface area contributed by atoms with Crippen molar-refractivity contribution in [3.05, 3.63) is 82.4 Å². The summed E-state index contributed by atoms with van der Waals surface area (Å²) in [5.41, 5.74) is 3.62. The Hall–Kier alpha value is -5.30. The number of carboxylic acid groups (broad SMARTS) is 1. The Morgan fingerprint density at radius 2 is 1.60 bits per heavy atom. The molecule has 1 aliphatic rings. The Morgan fingerprint density at radius 1 is 0.942 bits per heavy atom. The molecule has 3 amide bonds. The molecule has 274 valence electrons. The number of halogens is 1. The number of aromatic carboxylic acids is 1. The molecule has 1 aliphatic carbocycles. The highest BCUT2D eigenvalue weighted by Crippen LogP contribution is 2.33. The van der Waals surface area contributed by atoms with Gasteiger partial charge in [0.05, 0.1) is 10.6 Å². The SMILES string of the molecule is Cc1c(C(=O)O)ccc(-c2ccc(CC(NC(=O)CC3CCC(CNC(=O)OC(C)(C)C)CC3)C(=O)Nc3ccc(-c4nn[nH]n4)cc3)cc2)c1Cl. The van der Waals surface area contributed by atoms with Crippen molar-refractivity contribution in [2.24, 2.45) is 11.8 Å². The Balaban J connectivity index is 1.23. The predicted molar refractivity (Wildman–Crippen MR) is 197 cm³/mol. The lowest BCUT2D eigenvalue weighted by molar-refractivity contribution is -0.127. The number of hydrogen-bond donors (Lipinski definition) is 5. The summed E-state index contributed by atoms with van der Waals surface area (Å²) in [5.74, 6) is -0.720. The number of hydrogen-bond acceptors (Lipinski definition) is 8. The highest BCUT2D eigenvalue weighted by molar-refractivity contribution is 6.34. The van der Waals surface area contributed by atoms with Gasteiger partial charge in [-0.1, -0.05) is 41.9 Å². The van der Waals surface area contributed by atoms with Crippen LogP contribution in [0.1, 0.15) is 74.4 Å². The van der Waals surface area contributed by atoms with E-state index < -0.39 is 23.7 Å². The molecule has 1 aromatic heterocycles. The van der Waals surface area contributed by atoms with Crippen molar-refractivity contribution in [1.29, 1.82) is 0 Å². The van der Waals surface area contributed by atoms with E-state index in [1.807, 2.05) is 45.0 Å². The Bertz CT molecular complexity index is 1870. The van der Waals surface area contributed by atoms with Gasteiger partial charge in [-0.05, 0) is 117 Å². The Morgan fingerprint density at radius 3 is 2.21 bits per heavy atom. The predicted octanol–water partition coefficient (Wildman–Crippen LogP) is 6.58. The molecule has 1 fully saturated rings. The number of amides is 3. The quantitative estimate of drug-likeness (QED) is 0.107. The minimum absolute atomic E-state index is 0.141. The van der Waals surface area contributed by atoms with Gasteiger partial charge in [-0.15, -0.1) is 10.2 Å². The number of tetrazole rings is 1. The molecule has 4 aromatic rings. The van der Waals surface area contributed by atoms with E-state index in [1.54, 1.807) is 37.3 Å². The lowest BCUT2D eigenvalue weighted by Gasteiger charge is -2.29. The van der Waals surface area contributed by atoms with E-state index in [0.717, 1.165) is 42.4 Å². The molecule has 3 aromatic carbocycles. The van der Waals surface area contributed by atoms with Gasteiger partial charge in [-0.3, -0.25) is 9.59 Å². The zero-order valence-corrected chi connectivity index (χ0v) is 30.4. The molecule has 0 spiro atoms. The van der Waals surface area contributed by atoms with Gasteiger partial charge in [-0.25, -0.2) is 9.59 Å². The first-order valence-corrected chi connectivity index (χ1v) is 17.7. The smallest absolute Gasteiger partial charge is 0.407 e. The van der Waals surface area contributed by atoms with Crippen LogP contribution in [0.25, 0.3) is 22.5 Å². The molecule has 1 heterocycles. The number of aromatic nitrogens is 4. The largest absolute Gasteiger partial charge is 0.478 e. The van der Waals surface area contributed by atoms with Crippen LogP contribution in [0, 0.1) is 18.8 Å². The van der Waals surface area contributed by atoms with Crippen LogP contribution in [0.15, 0.2) is 60.7 Å². The summed E-state index contributed by atoms with van der Waals surface area (Å²) in [6.07, 6.45) is 3.54. The fourth-order valence-electron chi connectivity index (χ4n) is 6.32. The number of carbonyl (C=O) groups is 4. The summed E-state index contributed by atoms with van der Waals surface area (Å²) in [6.45, 7) is 7.68. The van der Waals surface area contributed by atoms with Gasteiger partial charge in [0.25, 0.3) is 0 Å². The number of rotatable bonds is 12. The Labute approximate surface area is 307 Å². The van der Waals surface area contributed by atoms with E-state index in [0.29, 0.717) is 46.5 Å². The number of benzene rings is 3. The summed E-state index contributed by atoms with van der Waals surface area (Å²) in [7, 11) is 0. The zero-order chi connectivity index (χ0) is 37.4. The van der Waals surface area contributed by atoms with Crippen molar-refractivity contribution in [1.82, 2.24) is 31.3 Å². The molecular formula is C38H44ClN7O6. The maximum atomic E-state index is 13.7. The van der Waals surface area contributed by atoms with Crippen LogP contribution in [0.2, 0.25) is 5.02 Å². The highest BCUT2D eigenvalue weighted by atomic mass is 35.5. The second kappa shape index (κ2) is 16.8. The van der Waals surface area contributed by atoms with Crippen molar-refractivity contribution in [3.8, 4) is 22.5 Å². The number of carbonyl (C=O) groups excluding carboxylic acids is 3. The van der Waals surface area contributed by atoms with E-state index in [4.69, 9.17) is 16.3 Å². The molecule has 1 saturated carbocycles. The third-order valence-corrected chi connectivity index (χ3v) is 9.59. The van der Waals surface area contributed by atoms with Crippen molar-refractivity contribution in [2.75, 3.05) is 11.9 Å². The van der Waals surface area contributed by atoms with Crippen LogP contribution < -0.4 is 16.0 Å². The van der Waals surface area contributed by atoms with Crippen LogP contribution >= 0.6 is 11.6 Å². The Kier molecular flexibility index (Phi) is 12.3. The van der Waals surface area contributed by atoms with Crippen LogP contribution in [0.4, 0.5) is 10.5 Å². The molecule has 0 bridgehead atoms. The molecule has 0 aliphatic heterocycles. The second-order valence-electron chi connectivity index (χ2n) is 14.2. The maximum absolute atomic E-state index is 13.7. The molecule has 0 radical (unpaired) electrons. The molecule has 5 rings (SSSR count). The molecule has 0 saturated heterocycles. The van der Waals surface area contributed by atoms with Crippen molar-refractivity contribution in [2.45, 2.75) is 77.9 Å². The van der Waals surface area contributed by atoms with E-state index in [2.05, 4.69) is 36.6 Å². The molecule has 13 nitrogen and oxygen atoms in total. The molecule has 1 unspecified atom stereocenters. The van der Waals surface area contributed by atoms with Crippen LogP contribution in [-0.2, 0) is 20.7 Å². The number of alkyl carbamates (subject to hydrolysis) is 1. The summed E-state index contributed by atoms with van der Waals surface area (Å²) in [4.78, 5) is 50.7. The number of anilines is 1. The minimum Gasteiger partial charge on any atom is -0.478 e. The maximum Gasteiger partial charge on any atom is 0.407 e. The molecule has 52 heavy (non-hydrogen) atoms. The third kappa shape index (κ3) is 10.4. The zero-order valence-electron chi connectivity index (χ0n) is 29.7. The molecule has 14 heteroatoms. The van der Waals surface area contributed by atoms with Crippen LogP contribution in [-0.4, -0.2) is 67.8 Å². The summed E-state index contributed by atoms with van der Waals surface area (Å²) < 4.78 is 5.34. The highest BCUT2D eigenvalue weighted by Gasteiger charge is 2.27. The van der Waals surface area contributed by atoms with Gasteiger partial charge in [-0.2, -0.15) is 5.21 Å². The average molecular weight is 730 g/mol. The number of H-pyrrole nitrogens is 1. The van der Waals surface area contributed by atoms with E-state index in [9.17, 15) is 24.3 Å². The van der Waals surface area contributed by atoms with Gasteiger partial charge >= 0.3 is 12.1 Å². The first-order chi connectivity index (χ1) is 24.8. The van der Waals surface area contributed by atoms with E-state index in [-0.39, 0.29) is 29.7 Å². The standard InChI is InChI=1S/C38H44ClN7O6/c1-22-29(36(49)50)17-18-30(33(22)39)26-11-9-23(10-12-26)19-31(35(48)41-28-15-13-27(14-16-28)34-43-45-46-44-34)42-32(47)20-24-5-7-25(8-6-24)21-40-37(51)52-38(2,3)4/h9-18,24-25,31H,5-8,19-21H2,1-4H3,(H,40,51)(H,41,48)(H,42,47)(H,49,50)(H,43,44,45,46). The number of carboxylic acids is 1. The summed E-state index contributed by atoms with van der Waals surface area (Å²) in [6, 6.07) is 16.8. The van der Waals surface area contributed by atoms with Crippen LogP contribution in [0.5, 0.6) is 0 Å².